The zero-order valence-electron chi connectivity index (χ0n) is 18.9. The molecule has 0 unspecified atom stereocenters. The second-order valence-corrected chi connectivity index (χ2v) is 9.90. The molecule has 1 atom stereocenters. The summed E-state index contributed by atoms with van der Waals surface area (Å²) in [4.78, 5) is 14.7. The van der Waals surface area contributed by atoms with Gasteiger partial charge in [-0.1, -0.05) is 37.3 Å². The Bertz CT molecular complexity index is 958. The first-order valence-electron chi connectivity index (χ1n) is 11.2. The van der Waals surface area contributed by atoms with Gasteiger partial charge in [0, 0.05) is 45.7 Å². The molecule has 1 heterocycles. The Balaban J connectivity index is 1.78. The van der Waals surface area contributed by atoms with Crippen molar-refractivity contribution in [2.45, 2.75) is 31.1 Å². The molecule has 0 aromatic heterocycles. The third-order valence-electron chi connectivity index (χ3n) is 5.66. The van der Waals surface area contributed by atoms with Crippen LogP contribution in [0.3, 0.4) is 0 Å². The number of hydrogen-bond acceptors (Lipinski definition) is 5. The second kappa shape index (κ2) is 11.4. The number of sulfonamides is 1. The number of benzene rings is 2. The summed E-state index contributed by atoms with van der Waals surface area (Å²) in [5.41, 5.74) is 1.06. The van der Waals surface area contributed by atoms with Crippen LogP contribution in [0.2, 0.25) is 0 Å². The highest BCUT2D eigenvalue weighted by atomic mass is 32.2. The van der Waals surface area contributed by atoms with E-state index < -0.39 is 10.0 Å². The summed E-state index contributed by atoms with van der Waals surface area (Å²) in [7, 11) is -3.77. The lowest BCUT2D eigenvalue weighted by Crippen LogP contribution is -2.47. The van der Waals surface area contributed by atoms with Crippen molar-refractivity contribution < 1.29 is 17.9 Å². The number of ether oxygens (including phenoxy) is 1. The van der Waals surface area contributed by atoms with Crippen LogP contribution in [0.5, 0.6) is 5.75 Å². The van der Waals surface area contributed by atoms with Gasteiger partial charge >= 0.3 is 0 Å². The highest BCUT2D eigenvalue weighted by Crippen LogP contribution is 2.24. The summed E-state index contributed by atoms with van der Waals surface area (Å²) in [5, 5.41) is 3.23. The number of nitrogens with zero attached hydrogens (tertiary/aromatic N) is 2. The topological polar surface area (TPSA) is 79.0 Å². The van der Waals surface area contributed by atoms with Gasteiger partial charge in [0.15, 0.2) is 0 Å². The van der Waals surface area contributed by atoms with E-state index >= 15 is 0 Å². The monoisotopic (exact) mass is 459 g/mol. The smallest absolute Gasteiger partial charge is 0.243 e. The Labute approximate surface area is 191 Å². The van der Waals surface area contributed by atoms with Crippen LogP contribution in [0.15, 0.2) is 59.5 Å². The van der Waals surface area contributed by atoms with Gasteiger partial charge in [0.2, 0.25) is 15.9 Å². The molecule has 1 N–H and O–H groups in total. The lowest BCUT2D eigenvalue weighted by Gasteiger charge is -2.29. The number of rotatable bonds is 10. The molecule has 1 aliphatic heterocycles. The SMILES string of the molecule is CCOc1ccc(S(=O)(=O)N(CCC(=O)N2CCNCC2)C[C@@H](C)c2ccccc2)cc1. The van der Waals surface area contributed by atoms with Crippen LogP contribution in [0.4, 0.5) is 0 Å². The minimum atomic E-state index is -3.77. The first-order valence-corrected chi connectivity index (χ1v) is 12.6. The standard InChI is InChI=1S/C24H33N3O4S/c1-3-31-22-9-11-23(12-10-22)32(29,30)27(19-20(2)21-7-5-4-6-8-21)16-13-24(28)26-17-14-25-15-18-26/h4-12,20,25H,3,13-19H2,1-2H3/t20-/m1/s1. The molecule has 7 nitrogen and oxygen atoms in total. The van der Waals surface area contributed by atoms with E-state index in [0.29, 0.717) is 32.0 Å². The number of carbonyl (C=O) groups excluding carboxylic acids is 1. The van der Waals surface area contributed by atoms with Gasteiger partial charge in [-0.15, -0.1) is 0 Å². The molecule has 1 saturated heterocycles. The van der Waals surface area contributed by atoms with E-state index in [1.807, 2.05) is 44.2 Å². The molecular weight excluding hydrogens is 426 g/mol. The molecule has 2 aromatic rings. The molecule has 8 heteroatoms. The third-order valence-corrected chi connectivity index (χ3v) is 7.54. The van der Waals surface area contributed by atoms with Crippen molar-refractivity contribution >= 4 is 15.9 Å². The van der Waals surface area contributed by atoms with Crippen LogP contribution in [-0.4, -0.2) is 69.4 Å². The normalized spacial score (nSPS) is 15.5. The highest BCUT2D eigenvalue weighted by Gasteiger charge is 2.28. The zero-order valence-corrected chi connectivity index (χ0v) is 19.7. The predicted octanol–water partition coefficient (Wildman–Crippen LogP) is 2.70. The molecule has 2 aromatic carbocycles. The van der Waals surface area contributed by atoms with Crippen molar-refractivity contribution in [2.75, 3.05) is 45.9 Å². The third kappa shape index (κ3) is 6.31. The lowest BCUT2D eigenvalue weighted by molar-refractivity contribution is -0.131. The molecule has 0 aliphatic carbocycles. The Hall–Kier alpha value is -2.42. The highest BCUT2D eigenvalue weighted by molar-refractivity contribution is 7.89. The number of piperazine rings is 1. The Kier molecular flexibility index (Phi) is 8.67. The lowest BCUT2D eigenvalue weighted by atomic mass is 10.0. The average Bonchev–Trinajstić information content (AvgIpc) is 2.83. The van der Waals surface area contributed by atoms with E-state index in [1.165, 1.54) is 4.31 Å². The molecule has 0 radical (unpaired) electrons. The van der Waals surface area contributed by atoms with Crippen LogP contribution in [0, 0.1) is 0 Å². The zero-order chi connectivity index (χ0) is 23.0. The van der Waals surface area contributed by atoms with Gasteiger partial charge in [-0.3, -0.25) is 4.79 Å². The van der Waals surface area contributed by atoms with Crippen LogP contribution in [0.1, 0.15) is 31.7 Å². The van der Waals surface area contributed by atoms with E-state index in [0.717, 1.165) is 18.7 Å². The molecule has 3 rings (SSSR count). The second-order valence-electron chi connectivity index (χ2n) is 7.96. The van der Waals surface area contributed by atoms with Crippen molar-refractivity contribution in [3.05, 3.63) is 60.2 Å². The van der Waals surface area contributed by atoms with E-state index in [9.17, 15) is 13.2 Å². The maximum Gasteiger partial charge on any atom is 0.243 e. The molecule has 1 fully saturated rings. The first kappa shape index (κ1) is 24.2. The van der Waals surface area contributed by atoms with Gasteiger partial charge in [-0.25, -0.2) is 8.42 Å². The van der Waals surface area contributed by atoms with Crippen molar-refractivity contribution in [2.24, 2.45) is 0 Å². The molecular formula is C24H33N3O4S. The van der Waals surface area contributed by atoms with Gasteiger partial charge < -0.3 is 15.0 Å². The van der Waals surface area contributed by atoms with E-state index in [1.54, 1.807) is 29.2 Å². The molecule has 1 amide bonds. The number of nitrogens with one attached hydrogen (secondary N) is 1. The summed E-state index contributed by atoms with van der Waals surface area (Å²) in [6.45, 7) is 7.71. The summed E-state index contributed by atoms with van der Waals surface area (Å²) < 4.78 is 33.9. The summed E-state index contributed by atoms with van der Waals surface area (Å²) >= 11 is 0. The molecule has 0 saturated carbocycles. The minimum absolute atomic E-state index is 0.00856. The van der Waals surface area contributed by atoms with E-state index in [2.05, 4.69) is 5.32 Å². The molecule has 1 aliphatic rings. The van der Waals surface area contributed by atoms with Crippen molar-refractivity contribution in [3.8, 4) is 5.75 Å². The van der Waals surface area contributed by atoms with Gasteiger partial charge in [0.05, 0.1) is 11.5 Å². The van der Waals surface area contributed by atoms with Gasteiger partial charge in [-0.2, -0.15) is 4.31 Å². The van der Waals surface area contributed by atoms with Gasteiger partial charge in [-0.05, 0) is 42.7 Å². The fourth-order valence-corrected chi connectivity index (χ4v) is 5.35. The largest absolute Gasteiger partial charge is 0.494 e. The van der Waals surface area contributed by atoms with Crippen LogP contribution < -0.4 is 10.1 Å². The summed E-state index contributed by atoms with van der Waals surface area (Å²) in [6.07, 6.45) is 0.164. The van der Waals surface area contributed by atoms with Gasteiger partial charge in [0.25, 0.3) is 0 Å². The first-order chi connectivity index (χ1) is 15.4. The average molecular weight is 460 g/mol. The van der Waals surface area contributed by atoms with Crippen LogP contribution in [-0.2, 0) is 14.8 Å². The maximum absolute atomic E-state index is 13.5. The van der Waals surface area contributed by atoms with Crippen LogP contribution >= 0.6 is 0 Å². The maximum atomic E-state index is 13.5. The Morgan fingerprint density at radius 3 is 2.38 bits per heavy atom. The summed E-state index contributed by atoms with van der Waals surface area (Å²) in [5.74, 6) is 0.609. The van der Waals surface area contributed by atoms with E-state index in [-0.39, 0.29) is 29.7 Å². The fourth-order valence-electron chi connectivity index (χ4n) is 3.82. The fraction of sp³-hybridized carbons (Fsp3) is 0.458. The number of hydrogen-bond donors (Lipinski definition) is 1. The number of amides is 1. The Morgan fingerprint density at radius 1 is 1.09 bits per heavy atom. The van der Waals surface area contributed by atoms with Gasteiger partial charge in [0.1, 0.15) is 5.75 Å². The van der Waals surface area contributed by atoms with Crippen molar-refractivity contribution in [1.29, 1.82) is 0 Å². The Morgan fingerprint density at radius 2 is 1.75 bits per heavy atom. The van der Waals surface area contributed by atoms with Crippen molar-refractivity contribution in [3.63, 3.8) is 0 Å². The predicted molar refractivity (Wildman–Crippen MR) is 125 cm³/mol. The molecule has 174 valence electrons. The molecule has 32 heavy (non-hydrogen) atoms. The van der Waals surface area contributed by atoms with Crippen molar-refractivity contribution in [1.82, 2.24) is 14.5 Å². The molecule has 0 bridgehead atoms. The number of carbonyl (C=O) groups is 1. The summed E-state index contributed by atoms with van der Waals surface area (Å²) in [6, 6.07) is 16.3. The quantitative estimate of drug-likeness (QED) is 0.591. The van der Waals surface area contributed by atoms with Crippen LogP contribution in [0.25, 0.3) is 0 Å². The minimum Gasteiger partial charge on any atom is -0.494 e. The molecule has 0 spiro atoms. The van der Waals surface area contributed by atoms with E-state index in [4.69, 9.17) is 4.74 Å².